The quantitative estimate of drug-likeness (QED) is 0.419. The van der Waals surface area contributed by atoms with Crippen molar-refractivity contribution in [3.05, 3.63) is 64.6 Å². The van der Waals surface area contributed by atoms with E-state index < -0.39 is 28.5 Å². The molecule has 7 nitrogen and oxygen atoms in total. The number of para-hydroxylation sites is 1. The number of carbonyl (C=O) groups is 2. The lowest BCUT2D eigenvalue weighted by molar-refractivity contribution is -0.138. The van der Waals surface area contributed by atoms with E-state index in [0.717, 1.165) is 29.0 Å². The molecule has 180 valence electrons. The Morgan fingerprint density at radius 3 is 2.30 bits per heavy atom. The number of unbranched alkanes of at least 4 members (excludes halogenated alkanes) is 1. The van der Waals surface area contributed by atoms with Crippen LogP contribution in [-0.4, -0.2) is 57.1 Å². The molecule has 0 heterocycles. The molecular weight excluding hydrogens is 506 g/mol. The van der Waals surface area contributed by atoms with Gasteiger partial charge in [0, 0.05) is 17.6 Å². The Balaban J connectivity index is 2.28. The molecule has 1 N–H and O–H groups in total. The van der Waals surface area contributed by atoms with Gasteiger partial charge in [-0.2, -0.15) is 0 Å². The zero-order valence-electron chi connectivity index (χ0n) is 19.3. The van der Waals surface area contributed by atoms with E-state index in [4.69, 9.17) is 0 Å². The fourth-order valence-corrected chi connectivity index (χ4v) is 4.83. The summed E-state index contributed by atoms with van der Waals surface area (Å²) in [6, 6.07) is 15.8. The number of hydrogen-bond acceptors (Lipinski definition) is 4. The molecule has 0 bridgehead atoms. The molecule has 9 heteroatoms. The molecule has 0 aliphatic heterocycles. The maximum absolute atomic E-state index is 13.4. The Kier molecular flexibility index (Phi) is 10.4. The van der Waals surface area contributed by atoms with Crippen LogP contribution < -0.4 is 9.62 Å². The normalized spacial score (nSPS) is 12.1. The molecule has 2 rings (SSSR count). The molecule has 0 fully saturated rings. The minimum Gasteiger partial charge on any atom is -0.354 e. The van der Waals surface area contributed by atoms with Crippen LogP contribution in [0.25, 0.3) is 0 Å². The molecule has 0 radical (unpaired) electrons. The maximum atomic E-state index is 13.4. The van der Waals surface area contributed by atoms with E-state index in [0.29, 0.717) is 29.7 Å². The molecule has 0 aromatic heterocycles. The van der Waals surface area contributed by atoms with Crippen molar-refractivity contribution < 1.29 is 18.0 Å². The minimum atomic E-state index is -3.74. The monoisotopic (exact) mass is 537 g/mol. The van der Waals surface area contributed by atoms with E-state index in [1.54, 1.807) is 31.2 Å². The van der Waals surface area contributed by atoms with E-state index in [1.165, 1.54) is 4.90 Å². The molecule has 33 heavy (non-hydrogen) atoms. The van der Waals surface area contributed by atoms with Crippen molar-refractivity contribution in [3.63, 3.8) is 0 Å². The number of nitrogens with zero attached hydrogens (tertiary/aromatic N) is 2. The Morgan fingerprint density at radius 2 is 1.70 bits per heavy atom. The van der Waals surface area contributed by atoms with E-state index in [-0.39, 0.29) is 5.91 Å². The summed E-state index contributed by atoms with van der Waals surface area (Å²) in [5, 5.41) is 2.87. The van der Waals surface area contributed by atoms with Crippen molar-refractivity contribution in [3.8, 4) is 0 Å². The first-order valence-corrected chi connectivity index (χ1v) is 13.6. The maximum Gasteiger partial charge on any atom is 0.244 e. The molecule has 0 aliphatic rings. The average molecular weight is 539 g/mol. The lowest BCUT2D eigenvalue weighted by Crippen LogP contribution is -2.52. The van der Waals surface area contributed by atoms with Gasteiger partial charge in [0.05, 0.1) is 11.9 Å². The van der Waals surface area contributed by atoms with Gasteiger partial charge in [0.25, 0.3) is 0 Å². The van der Waals surface area contributed by atoms with Gasteiger partial charge in [-0.25, -0.2) is 8.42 Å². The van der Waals surface area contributed by atoms with Gasteiger partial charge >= 0.3 is 0 Å². The largest absolute Gasteiger partial charge is 0.354 e. The predicted octanol–water partition coefficient (Wildman–Crippen LogP) is 3.59. The molecular formula is C24H32BrN3O4S. The third-order valence-electron chi connectivity index (χ3n) is 5.28. The van der Waals surface area contributed by atoms with E-state index >= 15 is 0 Å². The summed E-state index contributed by atoms with van der Waals surface area (Å²) in [5.41, 5.74) is 1.40. The highest BCUT2D eigenvalue weighted by Gasteiger charge is 2.30. The fourth-order valence-electron chi connectivity index (χ4n) is 3.35. The molecule has 0 saturated carbocycles. The Hall–Kier alpha value is -2.39. The topological polar surface area (TPSA) is 86.8 Å². The van der Waals surface area contributed by atoms with E-state index in [2.05, 4.69) is 21.2 Å². The van der Waals surface area contributed by atoms with E-state index in [9.17, 15) is 18.0 Å². The van der Waals surface area contributed by atoms with Gasteiger partial charge in [0.2, 0.25) is 21.8 Å². The number of anilines is 1. The number of carbonyl (C=O) groups excluding carboxylic acids is 2. The highest BCUT2D eigenvalue weighted by Crippen LogP contribution is 2.27. The Labute approximate surface area is 205 Å². The standard InChI is InChI=1S/C24H32BrN3O4S/c1-4-5-16-26-24(30)19(2)27(17-15-20-11-7-6-8-12-20)23(29)18-28(33(3,31)32)22-14-10-9-13-21(22)25/h6-14,19H,4-5,15-18H2,1-3H3,(H,26,30). The number of amides is 2. The summed E-state index contributed by atoms with van der Waals surface area (Å²) in [5.74, 6) is -0.693. The van der Waals surface area contributed by atoms with Crippen molar-refractivity contribution in [1.82, 2.24) is 10.2 Å². The van der Waals surface area contributed by atoms with Crippen molar-refractivity contribution in [2.24, 2.45) is 0 Å². The van der Waals surface area contributed by atoms with Crippen LogP contribution in [0.15, 0.2) is 59.1 Å². The van der Waals surface area contributed by atoms with Crippen molar-refractivity contribution in [1.29, 1.82) is 0 Å². The molecule has 1 atom stereocenters. The molecule has 1 unspecified atom stereocenters. The van der Waals surface area contributed by atoms with Crippen LogP contribution in [0, 0.1) is 0 Å². The van der Waals surface area contributed by atoms with Crippen LogP contribution in [0.2, 0.25) is 0 Å². The van der Waals surface area contributed by atoms with Crippen LogP contribution in [0.5, 0.6) is 0 Å². The number of hydrogen-bond donors (Lipinski definition) is 1. The van der Waals surface area contributed by atoms with Gasteiger partial charge in [-0.15, -0.1) is 0 Å². The second-order valence-electron chi connectivity index (χ2n) is 7.86. The number of sulfonamides is 1. The highest BCUT2D eigenvalue weighted by molar-refractivity contribution is 9.10. The first kappa shape index (κ1) is 26.9. The molecule has 0 spiro atoms. The SMILES string of the molecule is CCCCNC(=O)C(C)N(CCc1ccccc1)C(=O)CN(c1ccccc1Br)S(C)(=O)=O. The smallest absolute Gasteiger partial charge is 0.244 e. The highest BCUT2D eigenvalue weighted by atomic mass is 79.9. The number of rotatable bonds is 12. The zero-order valence-corrected chi connectivity index (χ0v) is 21.7. The average Bonchev–Trinajstić information content (AvgIpc) is 2.78. The van der Waals surface area contributed by atoms with Crippen LogP contribution in [-0.2, 0) is 26.0 Å². The minimum absolute atomic E-state index is 0.253. The molecule has 2 amide bonds. The van der Waals surface area contributed by atoms with Crippen molar-refractivity contribution in [2.75, 3.05) is 30.2 Å². The summed E-state index contributed by atoms with van der Waals surface area (Å²) in [4.78, 5) is 27.6. The molecule has 0 aliphatic carbocycles. The predicted molar refractivity (Wildman–Crippen MR) is 136 cm³/mol. The number of benzene rings is 2. The summed E-state index contributed by atoms with van der Waals surface area (Å²) in [6.07, 6.45) is 3.41. The second kappa shape index (κ2) is 12.7. The van der Waals surface area contributed by atoms with E-state index in [1.807, 2.05) is 37.3 Å². The van der Waals surface area contributed by atoms with Crippen LogP contribution in [0.3, 0.4) is 0 Å². The van der Waals surface area contributed by atoms with Gasteiger partial charge in [-0.1, -0.05) is 55.8 Å². The molecule has 2 aromatic rings. The zero-order chi connectivity index (χ0) is 24.4. The summed E-state index contributed by atoms with van der Waals surface area (Å²) in [7, 11) is -3.74. The number of nitrogens with one attached hydrogen (secondary N) is 1. The van der Waals surface area contributed by atoms with Gasteiger partial charge in [0.15, 0.2) is 0 Å². The van der Waals surface area contributed by atoms with Gasteiger partial charge in [-0.05, 0) is 53.4 Å². The van der Waals surface area contributed by atoms with Crippen molar-refractivity contribution >= 4 is 43.5 Å². The third-order valence-corrected chi connectivity index (χ3v) is 7.08. The lowest BCUT2D eigenvalue weighted by atomic mass is 10.1. The summed E-state index contributed by atoms with van der Waals surface area (Å²) < 4.78 is 26.7. The third kappa shape index (κ3) is 8.16. The first-order valence-electron chi connectivity index (χ1n) is 11.0. The Bertz CT molecular complexity index is 1030. The molecule has 2 aromatic carbocycles. The van der Waals surface area contributed by atoms with Crippen LogP contribution >= 0.6 is 15.9 Å². The molecule has 0 saturated heterocycles. The van der Waals surface area contributed by atoms with Gasteiger partial charge < -0.3 is 10.2 Å². The first-order chi connectivity index (χ1) is 15.6. The van der Waals surface area contributed by atoms with Crippen LogP contribution in [0.4, 0.5) is 5.69 Å². The van der Waals surface area contributed by atoms with Crippen molar-refractivity contribution in [2.45, 2.75) is 39.2 Å². The Morgan fingerprint density at radius 1 is 1.06 bits per heavy atom. The fraction of sp³-hybridized carbons (Fsp3) is 0.417. The number of halogens is 1. The van der Waals surface area contributed by atoms with Gasteiger partial charge in [-0.3, -0.25) is 13.9 Å². The summed E-state index contributed by atoms with van der Waals surface area (Å²) >= 11 is 3.37. The van der Waals surface area contributed by atoms with Gasteiger partial charge in [0.1, 0.15) is 12.6 Å². The lowest BCUT2D eigenvalue weighted by Gasteiger charge is -2.31. The van der Waals surface area contributed by atoms with Crippen LogP contribution in [0.1, 0.15) is 32.3 Å². The second-order valence-corrected chi connectivity index (χ2v) is 10.6. The summed E-state index contributed by atoms with van der Waals surface area (Å²) in [6.45, 7) is 4.13.